The maximum atomic E-state index is 14.2. The maximum absolute atomic E-state index is 14.2. The van der Waals surface area contributed by atoms with Gasteiger partial charge in [-0.05, 0) is 48.5 Å². The molecular weight excluding hydrogens is 837 g/mol. The Morgan fingerprint density at radius 1 is 0.400 bits per heavy atom. The number of anilines is 4. The molecule has 0 aliphatic carbocycles. The van der Waals surface area contributed by atoms with Crippen molar-refractivity contribution < 1.29 is 47.7 Å². The number of hydrogen-bond donors (Lipinski definition) is 4. The molecule has 18 nitrogen and oxygen atoms in total. The fourth-order valence-electron chi connectivity index (χ4n) is 7.26. The van der Waals surface area contributed by atoms with Gasteiger partial charge in [0.15, 0.2) is 5.69 Å². The number of pyridine rings is 4. The zero-order chi connectivity index (χ0) is 45.9. The summed E-state index contributed by atoms with van der Waals surface area (Å²) in [6.45, 7) is 1.37. The Hall–Kier alpha value is -8.93. The third-order valence-electron chi connectivity index (χ3n) is 10.2. The number of benzene rings is 4. The van der Waals surface area contributed by atoms with E-state index in [-0.39, 0.29) is 73.8 Å². The van der Waals surface area contributed by atoms with E-state index in [0.29, 0.717) is 44.2 Å². The molecule has 326 valence electrons. The monoisotopic (exact) mass is 874 g/mol. The molecule has 18 heteroatoms. The first-order chi connectivity index (χ1) is 31.4. The van der Waals surface area contributed by atoms with Gasteiger partial charge >= 0.3 is 5.97 Å². The largest absolute Gasteiger partial charge is 0.496 e. The highest BCUT2D eigenvalue weighted by atomic mass is 16.5. The van der Waals surface area contributed by atoms with E-state index in [1.165, 1.54) is 66.7 Å². The minimum atomic E-state index is -0.692. The molecule has 65 heavy (non-hydrogen) atoms. The number of carbonyl (C=O) groups is 5. The number of carbonyl (C=O) groups excluding carboxylic acids is 5. The van der Waals surface area contributed by atoms with Gasteiger partial charge in [0, 0.05) is 52.7 Å². The number of amides is 4. The molecule has 0 unspecified atom stereocenters. The summed E-state index contributed by atoms with van der Waals surface area (Å²) in [4.78, 5) is 84.7. The quantitative estimate of drug-likeness (QED) is 0.0876. The molecule has 0 bridgehead atoms. The number of aromatic nitrogens is 4. The molecule has 4 N–H and O–H groups in total. The maximum Gasteiger partial charge on any atom is 0.356 e. The summed E-state index contributed by atoms with van der Waals surface area (Å²) in [5.41, 5.74) is 1.99. The molecule has 8 rings (SSSR count). The van der Waals surface area contributed by atoms with Crippen LogP contribution in [0.15, 0.2) is 97.1 Å². The Balaban J connectivity index is 1.12. The summed E-state index contributed by atoms with van der Waals surface area (Å²) < 4.78 is 27.3. The molecule has 0 saturated heterocycles. The predicted octanol–water partition coefficient (Wildman–Crippen LogP) is 7.42. The van der Waals surface area contributed by atoms with E-state index in [0.717, 1.165) is 0 Å². The number of esters is 1. The van der Waals surface area contributed by atoms with Gasteiger partial charge in [0.1, 0.15) is 40.1 Å². The van der Waals surface area contributed by atoms with Gasteiger partial charge in [-0.25, -0.2) is 24.7 Å². The Bertz CT molecular complexity index is 3290. The van der Waals surface area contributed by atoms with E-state index in [2.05, 4.69) is 41.2 Å². The molecule has 4 aromatic carbocycles. The first-order valence-electron chi connectivity index (χ1n) is 19.7. The first-order valence-corrected chi connectivity index (χ1v) is 19.7. The van der Waals surface area contributed by atoms with Crippen LogP contribution >= 0.6 is 0 Å². The average molecular weight is 875 g/mol. The summed E-state index contributed by atoms with van der Waals surface area (Å²) in [5, 5.41) is 13.4. The van der Waals surface area contributed by atoms with Crippen LogP contribution in [0.25, 0.3) is 43.6 Å². The molecule has 0 spiro atoms. The van der Waals surface area contributed by atoms with Crippen molar-refractivity contribution in [2.24, 2.45) is 0 Å². The second kappa shape index (κ2) is 17.8. The molecule has 0 aliphatic rings. The predicted molar refractivity (Wildman–Crippen MR) is 243 cm³/mol. The second-order valence-corrected chi connectivity index (χ2v) is 14.2. The smallest absolute Gasteiger partial charge is 0.356 e. The molecule has 4 aromatic heterocycles. The average Bonchev–Trinajstić information content (AvgIpc) is 3.32. The highest BCUT2D eigenvalue weighted by Crippen LogP contribution is 2.36. The molecule has 0 fully saturated rings. The topological polar surface area (TPSA) is 231 Å². The molecule has 0 radical (unpaired) electrons. The normalized spacial score (nSPS) is 10.9. The van der Waals surface area contributed by atoms with Gasteiger partial charge in [-0.1, -0.05) is 24.3 Å². The Morgan fingerprint density at radius 2 is 0.677 bits per heavy atom. The van der Waals surface area contributed by atoms with E-state index < -0.39 is 23.7 Å². The molecular formula is C47H38N8O10. The van der Waals surface area contributed by atoms with Gasteiger partial charge in [0.2, 0.25) is 5.91 Å². The van der Waals surface area contributed by atoms with Gasteiger partial charge in [-0.2, -0.15) is 0 Å². The highest BCUT2D eigenvalue weighted by molar-refractivity contribution is 6.14. The van der Waals surface area contributed by atoms with Crippen LogP contribution in [-0.4, -0.2) is 85.1 Å². The van der Waals surface area contributed by atoms with E-state index >= 15 is 0 Å². The van der Waals surface area contributed by atoms with Crippen LogP contribution < -0.4 is 40.2 Å². The van der Waals surface area contributed by atoms with Crippen molar-refractivity contribution in [1.29, 1.82) is 0 Å². The van der Waals surface area contributed by atoms with Crippen LogP contribution in [0.1, 0.15) is 48.9 Å². The molecule has 0 aliphatic heterocycles. The Morgan fingerprint density at radius 3 is 0.954 bits per heavy atom. The number of ether oxygens (including phenoxy) is 5. The van der Waals surface area contributed by atoms with E-state index in [9.17, 15) is 24.0 Å². The number of methoxy groups -OCH3 is 5. The van der Waals surface area contributed by atoms with Crippen LogP contribution in [0.3, 0.4) is 0 Å². The van der Waals surface area contributed by atoms with Crippen LogP contribution in [-0.2, 0) is 9.53 Å². The van der Waals surface area contributed by atoms with Crippen LogP contribution in [0, 0.1) is 0 Å². The first kappa shape index (κ1) is 42.7. The number of hydrogen-bond acceptors (Lipinski definition) is 14. The summed E-state index contributed by atoms with van der Waals surface area (Å²) in [7, 11) is 7.02. The number of para-hydroxylation sites is 4. The molecule has 0 atom stereocenters. The number of nitrogens with zero attached hydrogens (tertiary/aromatic N) is 4. The molecule has 0 saturated carbocycles. The summed E-state index contributed by atoms with van der Waals surface area (Å²) in [6.07, 6.45) is 0. The van der Waals surface area contributed by atoms with Crippen molar-refractivity contribution in [2.75, 3.05) is 56.8 Å². The molecule has 4 heterocycles. The fourth-order valence-corrected chi connectivity index (χ4v) is 7.26. The van der Waals surface area contributed by atoms with Crippen LogP contribution in [0.5, 0.6) is 23.0 Å². The van der Waals surface area contributed by atoms with Crippen LogP contribution in [0.4, 0.5) is 22.7 Å². The minimum Gasteiger partial charge on any atom is -0.496 e. The van der Waals surface area contributed by atoms with E-state index in [1.807, 2.05) is 0 Å². The van der Waals surface area contributed by atoms with Crippen molar-refractivity contribution >= 4 is 96.0 Å². The summed E-state index contributed by atoms with van der Waals surface area (Å²) in [6, 6.07) is 26.1. The number of nitrogens with one attached hydrogen (secondary N) is 4. The van der Waals surface area contributed by atoms with Crippen molar-refractivity contribution in [2.45, 2.75) is 6.92 Å². The summed E-state index contributed by atoms with van der Waals surface area (Å²) in [5.74, 6) is -1.67. The van der Waals surface area contributed by atoms with Gasteiger partial charge in [-0.15, -0.1) is 0 Å². The van der Waals surface area contributed by atoms with Gasteiger partial charge in [0.05, 0.1) is 80.4 Å². The number of fused-ring (bicyclic) bond motifs is 4. The lowest BCUT2D eigenvalue weighted by Crippen LogP contribution is -2.17. The van der Waals surface area contributed by atoms with Gasteiger partial charge < -0.3 is 45.0 Å². The van der Waals surface area contributed by atoms with Crippen molar-refractivity contribution in [1.82, 2.24) is 19.9 Å². The molecule has 8 aromatic rings. The third-order valence-corrected chi connectivity index (χ3v) is 10.2. The van der Waals surface area contributed by atoms with Crippen molar-refractivity contribution in [3.05, 3.63) is 120 Å². The fraction of sp³-hybridized carbons (Fsp3) is 0.128. The van der Waals surface area contributed by atoms with Crippen molar-refractivity contribution in [3.63, 3.8) is 0 Å². The SMILES string of the molecule is COC(=O)c1cc(OC)c2cccc(NC(=O)c3cc(OC)c4cccc(NC(=O)c5cc(OC)c6cccc(NC(=O)c7cc(OC)c8cccc(NC(C)=O)c8n7)c6n5)c4n3)c2n1. The number of rotatable bonds is 12. The van der Waals surface area contributed by atoms with Gasteiger partial charge in [-0.3, -0.25) is 19.2 Å². The lowest BCUT2D eigenvalue weighted by Gasteiger charge is -2.15. The standard InChI is InChI=1S/C47H38N8O10/c1-23(56)48-28-15-7-11-24-36(61-2)19-32(49-40(24)28)44(57)53-29-16-8-12-25-37(62-3)20-33(50-41(25)29)45(58)54-30-17-9-13-26-38(63-4)21-34(51-42(26)30)46(59)55-31-18-10-14-27-39(64-5)22-35(47(60)65-6)52-43(27)31/h7-22H,1-6H3,(H,48,56)(H,53,57)(H,54,58)(H,55,59). The van der Waals surface area contributed by atoms with Gasteiger partial charge in [0.25, 0.3) is 17.7 Å². The van der Waals surface area contributed by atoms with E-state index in [4.69, 9.17) is 23.7 Å². The Labute approximate surface area is 369 Å². The van der Waals surface area contributed by atoms with E-state index in [1.54, 1.807) is 72.8 Å². The lowest BCUT2D eigenvalue weighted by atomic mass is 10.1. The zero-order valence-corrected chi connectivity index (χ0v) is 35.6. The lowest BCUT2D eigenvalue weighted by molar-refractivity contribution is -0.114. The van der Waals surface area contributed by atoms with Crippen LogP contribution in [0.2, 0.25) is 0 Å². The minimum absolute atomic E-state index is 0.0151. The second-order valence-electron chi connectivity index (χ2n) is 14.2. The summed E-state index contributed by atoms with van der Waals surface area (Å²) >= 11 is 0. The highest BCUT2D eigenvalue weighted by Gasteiger charge is 2.23. The molecule has 4 amide bonds. The third kappa shape index (κ3) is 8.26. The van der Waals surface area contributed by atoms with Crippen molar-refractivity contribution in [3.8, 4) is 23.0 Å². The zero-order valence-electron chi connectivity index (χ0n) is 35.6. The Kier molecular flexibility index (Phi) is 11.7.